The van der Waals surface area contributed by atoms with Crippen molar-refractivity contribution in [3.63, 3.8) is 0 Å². The third-order valence-corrected chi connectivity index (χ3v) is 1.89. The molecule has 0 amide bonds. The Morgan fingerprint density at radius 3 is 3.18 bits per heavy atom. The van der Waals surface area contributed by atoms with Gasteiger partial charge in [0.15, 0.2) is 0 Å². The third kappa shape index (κ3) is 1.77. The van der Waals surface area contributed by atoms with Crippen LogP contribution in [0.5, 0.6) is 0 Å². The van der Waals surface area contributed by atoms with Crippen molar-refractivity contribution in [3.8, 4) is 0 Å². The van der Waals surface area contributed by atoms with Crippen LogP contribution in [0.25, 0.3) is 0 Å². The van der Waals surface area contributed by atoms with Crippen LogP contribution < -0.4 is 18.9 Å². The van der Waals surface area contributed by atoms with Gasteiger partial charge in [-0.25, -0.2) is 0 Å². The SMILES string of the molecule is [C-]1=C2C=CC=CCC2C=C1.[Li+]. The van der Waals surface area contributed by atoms with Crippen LogP contribution in [0.15, 0.2) is 42.0 Å². The molecule has 2 aliphatic rings. The summed E-state index contributed by atoms with van der Waals surface area (Å²) in [6.45, 7) is 0. The standard InChI is InChI=1S/C10H9.Li/c1-2-5-9-7-4-8-10(9)6-3-1;/h1-5,8,10H,6H2;/q-1;+1. The second-order valence-corrected chi connectivity index (χ2v) is 2.59. The van der Waals surface area contributed by atoms with Crippen molar-refractivity contribution in [2.75, 3.05) is 0 Å². The minimum Gasteiger partial charge on any atom is -0.181 e. The molecule has 11 heavy (non-hydrogen) atoms. The molecular weight excluding hydrogens is 127 g/mol. The van der Waals surface area contributed by atoms with E-state index in [1.54, 1.807) is 0 Å². The molecule has 0 aromatic heterocycles. The van der Waals surface area contributed by atoms with Crippen molar-refractivity contribution < 1.29 is 18.9 Å². The van der Waals surface area contributed by atoms with E-state index in [9.17, 15) is 0 Å². The van der Waals surface area contributed by atoms with E-state index in [1.807, 2.05) is 6.08 Å². The molecule has 0 saturated heterocycles. The van der Waals surface area contributed by atoms with Gasteiger partial charge in [-0.15, -0.1) is 6.08 Å². The molecule has 0 heterocycles. The zero-order chi connectivity index (χ0) is 6.81. The van der Waals surface area contributed by atoms with Gasteiger partial charge in [0, 0.05) is 0 Å². The second-order valence-electron chi connectivity index (χ2n) is 2.59. The van der Waals surface area contributed by atoms with E-state index in [2.05, 4.69) is 36.5 Å². The largest absolute Gasteiger partial charge is 1.00 e. The van der Waals surface area contributed by atoms with Crippen molar-refractivity contribution in [1.82, 2.24) is 0 Å². The Morgan fingerprint density at radius 1 is 1.36 bits per heavy atom. The van der Waals surface area contributed by atoms with Gasteiger partial charge < -0.3 is 0 Å². The maximum Gasteiger partial charge on any atom is 1.00 e. The topological polar surface area (TPSA) is 0 Å². The molecular formula is C10H9Li. The molecule has 0 aromatic rings. The Balaban J connectivity index is 0.000000605. The predicted molar refractivity (Wildman–Crippen MR) is 42.3 cm³/mol. The van der Waals surface area contributed by atoms with Gasteiger partial charge in [0.1, 0.15) is 0 Å². The van der Waals surface area contributed by atoms with E-state index in [1.165, 1.54) is 5.57 Å². The van der Waals surface area contributed by atoms with E-state index in [4.69, 9.17) is 0 Å². The Kier molecular flexibility index (Phi) is 3.00. The van der Waals surface area contributed by atoms with Crippen molar-refractivity contribution in [2.24, 2.45) is 5.92 Å². The first-order valence-corrected chi connectivity index (χ1v) is 3.60. The first-order chi connectivity index (χ1) is 4.97. The molecule has 0 N–H and O–H groups in total. The number of allylic oxidation sites excluding steroid dienone is 8. The first kappa shape index (κ1) is 8.65. The smallest absolute Gasteiger partial charge is 0.181 e. The fraction of sp³-hybridized carbons (Fsp3) is 0.200. The summed E-state index contributed by atoms with van der Waals surface area (Å²) in [6, 6.07) is 0. The van der Waals surface area contributed by atoms with Crippen LogP contribution in [-0.4, -0.2) is 0 Å². The van der Waals surface area contributed by atoms with Crippen molar-refractivity contribution in [2.45, 2.75) is 6.42 Å². The summed E-state index contributed by atoms with van der Waals surface area (Å²) in [7, 11) is 0. The zero-order valence-electron chi connectivity index (χ0n) is 6.75. The van der Waals surface area contributed by atoms with Crippen molar-refractivity contribution in [1.29, 1.82) is 0 Å². The summed E-state index contributed by atoms with van der Waals surface area (Å²) in [5.74, 6) is 0.606. The number of hydrogen-bond donors (Lipinski definition) is 0. The monoisotopic (exact) mass is 136 g/mol. The van der Waals surface area contributed by atoms with E-state index in [0.717, 1.165) is 6.42 Å². The van der Waals surface area contributed by atoms with Gasteiger partial charge in [-0.3, -0.25) is 0 Å². The fourth-order valence-corrected chi connectivity index (χ4v) is 1.31. The van der Waals surface area contributed by atoms with Crippen molar-refractivity contribution in [3.05, 3.63) is 48.1 Å². The Morgan fingerprint density at radius 2 is 2.27 bits per heavy atom. The summed E-state index contributed by atoms with van der Waals surface area (Å²) in [5, 5.41) is 0. The average molecular weight is 136 g/mol. The molecule has 1 unspecified atom stereocenters. The minimum absolute atomic E-state index is 0. The van der Waals surface area contributed by atoms with Crippen LogP contribution in [0, 0.1) is 12.0 Å². The summed E-state index contributed by atoms with van der Waals surface area (Å²) in [4.78, 5) is 0. The quantitative estimate of drug-likeness (QED) is 0.309. The number of rotatable bonds is 0. The van der Waals surface area contributed by atoms with Gasteiger partial charge >= 0.3 is 18.9 Å². The molecule has 0 saturated carbocycles. The van der Waals surface area contributed by atoms with E-state index in [-0.39, 0.29) is 18.9 Å². The number of fused-ring (bicyclic) bond motifs is 1. The van der Waals surface area contributed by atoms with Crippen LogP contribution in [0.2, 0.25) is 0 Å². The molecule has 0 spiro atoms. The summed E-state index contributed by atoms with van der Waals surface area (Å²) in [6.07, 6.45) is 17.1. The van der Waals surface area contributed by atoms with Crippen LogP contribution >= 0.6 is 0 Å². The van der Waals surface area contributed by atoms with Crippen LogP contribution in [0.1, 0.15) is 6.42 Å². The molecule has 0 aromatic carbocycles. The van der Waals surface area contributed by atoms with Gasteiger partial charge in [-0.05, 0) is 6.42 Å². The maximum atomic E-state index is 3.21. The predicted octanol–water partition coefficient (Wildman–Crippen LogP) is -0.578. The van der Waals surface area contributed by atoms with Gasteiger partial charge in [-0.1, -0.05) is 18.1 Å². The second kappa shape index (κ2) is 3.81. The Bertz CT molecular complexity index is 242. The number of hydrogen-bond acceptors (Lipinski definition) is 0. The van der Waals surface area contributed by atoms with Gasteiger partial charge in [0.25, 0.3) is 0 Å². The molecule has 0 bridgehead atoms. The normalized spacial score (nSPS) is 25.5. The van der Waals surface area contributed by atoms with Crippen molar-refractivity contribution >= 4 is 0 Å². The van der Waals surface area contributed by atoms with Gasteiger partial charge in [-0.2, -0.15) is 29.9 Å². The molecule has 0 nitrogen and oxygen atoms in total. The van der Waals surface area contributed by atoms with E-state index in [0.29, 0.717) is 5.92 Å². The van der Waals surface area contributed by atoms with Crippen LogP contribution in [-0.2, 0) is 0 Å². The summed E-state index contributed by atoms with van der Waals surface area (Å²) in [5.41, 5.74) is 1.32. The molecule has 50 valence electrons. The Labute approximate surface area is 79.6 Å². The van der Waals surface area contributed by atoms with Gasteiger partial charge in [0.2, 0.25) is 0 Å². The van der Waals surface area contributed by atoms with E-state index < -0.39 is 0 Å². The molecule has 0 fully saturated rings. The van der Waals surface area contributed by atoms with Gasteiger partial charge in [0.05, 0.1) is 0 Å². The molecule has 0 radical (unpaired) electrons. The zero-order valence-corrected chi connectivity index (χ0v) is 6.75. The summed E-state index contributed by atoms with van der Waals surface area (Å²) >= 11 is 0. The maximum absolute atomic E-state index is 3.21. The first-order valence-electron chi connectivity index (χ1n) is 3.60. The Hall–Kier alpha value is -0.443. The average Bonchev–Trinajstić information content (AvgIpc) is 2.28. The molecule has 0 aliphatic heterocycles. The van der Waals surface area contributed by atoms with E-state index >= 15 is 0 Å². The molecule has 2 aliphatic carbocycles. The molecule has 1 atom stereocenters. The van der Waals surface area contributed by atoms with Crippen LogP contribution in [0.3, 0.4) is 0 Å². The minimum atomic E-state index is 0. The summed E-state index contributed by atoms with van der Waals surface area (Å²) < 4.78 is 0. The fourth-order valence-electron chi connectivity index (χ4n) is 1.31. The molecule has 1 heteroatoms. The molecule has 2 rings (SSSR count). The third-order valence-electron chi connectivity index (χ3n) is 1.89. The van der Waals surface area contributed by atoms with Crippen LogP contribution in [0.4, 0.5) is 0 Å².